The number of thiazole rings is 1. The molecule has 2 N–H and O–H groups in total. The zero-order chi connectivity index (χ0) is 14.8. The number of carbonyl (C=O) groups excluding carboxylic acids is 1. The second kappa shape index (κ2) is 5.91. The highest BCUT2D eigenvalue weighted by Gasteiger charge is 2.24. The molecule has 4 nitrogen and oxygen atoms in total. The molecule has 6 heteroatoms. The Morgan fingerprint density at radius 3 is 3.00 bits per heavy atom. The molecule has 1 aliphatic rings. The Morgan fingerprint density at radius 2 is 2.24 bits per heavy atom. The predicted octanol–water partition coefficient (Wildman–Crippen LogP) is 2.51. The number of halogens is 1. The fourth-order valence-corrected chi connectivity index (χ4v) is 3.39. The maximum atomic E-state index is 13.7. The predicted molar refractivity (Wildman–Crippen MR) is 80.6 cm³/mol. The van der Waals surface area contributed by atoms with Crippen LogP contribution in [0.25, 0.3) is 10.6 Å². The van der Waals surface area contributed by atoms with Gasteiger partial charge in [-0.3, -0.25) is 4.79 Å². The lowest BCUT2D eigenvalue weighted by molar-refractivity contribution is 0.0713. The second-order valence-electron chi connectivity index (χ2n) is 5.16. The third kappa shape index (κ3) is 2.96. The summed E-state index contributed by atoms with van der Waals surface area (Å²) in [6.45, 7) is 1.30. The van der Waals surface area contributed by atoms with E-state index in [1.165, 1.54) is 23.6 Å². The summed E-state index contributed by atoms with van der Waals surface area (Å²) in [5.41, 5.74) is 6.33. The monoisotopic (exact) mass is 305 g/mol. The Kier molecular flexibility index (Phi) is 3.98. The third-order valence-electron chi connectivity index (χ3n) is 3.57. The van der Waals surface area contributed by atoms with Crippen molar-refractivity contribution in [3.8, 4) is 10.6 Å². The van der Waals surface area contributed by atoms with E-state index in [4.69, 9.17) is 5.73 Å². The zero-order valence-electron chi connectivity index (χ0n) is 11.5. The highest BCUT2D eigenvalue weighted by Crippen LogP contribution is 2.28. The van der Waals surface area contributed by atoms with Crippen LogP contribution >= 0.6 is 11.3 Å². The SMILES string of the molecule is NC1CCCN(C(=O)c2cnc(-c3ccccc3F)s2)C1. The van der Waals surface area contributed by atoms with E-state index in [1.807, 2.05) is 0 Å². The van der Waals surface area contributed by atoms with Gasteiger partial charge in [0.15, 0.2) is 0 Å². The molecule has 0 spiro atoms. The topological polar surface area (TPSA) is 59.2 Å². The van der Waals surface area contributed by atoms with Gasteiger partial charge in [0.2, 0.25) is 0 Å². The van der Waals surface area contributed by atoms with E-state index in [1.54, 1.807) is 23.1 Å². The maximum absolute atomic E-state index is 13.7. The molecule has 1 atom stereocenters. The lowest BCUT2D eigenvalue weighted by atomic mass is 10.1. The first-order valence-electron chi connectivity index (χ1n) is 6.91. The molecule has 2 aromatic rings. The normalized spacial score (nSPS) is 18.8. The Morgan fingerprint density at radius 1 is 1.43 bits per heavy atom. The average Bonchev–Trinajstić information content (AvgIpc) is 2.96. The van der Waals surface area contributed by atoms with Crippen molar-refractivity contribution >= 4 is 17.2 Å². The Labute approximate surface area is 126 Å². The van der Waals surface area contributed by atoms with Crippen LogP contribution in [0.15, 0.2) is 30.5 Å². The summed E-state index contributed by atoms with van der Waals surface area (Å²) in [7, 11) is 0. The van der Waals surface area contributed by atoms with E-state index >= 15 is 0 Å². The summed E-state index contributed by atoms with van der Waals surface area (Å²) in [6.07, 6.45) is 3.40. The van der Waals surface area contributed by atoms with Crippen LogP contribution in [-0.4, -0.2) is 34.9 Å². The van der Waals surface area contributed by atoms with E-state index in [2.05, 4.69) is 4.98 Å². The highest BCUT2D eigenvalue weighted by atomic mass is 32.1. The zero-order valence-corrected chi connectivity index (χ0v) is 12.3. The molecule has 0 aliphatic carbocycles. The number of amides is 1. The molecule has 1 unspecified atom stereocenters. The Bertz CT molecular complexity index is 658. The minimum absolute atomic E-state index is 0.0432. The van der Waals surface area contributed by atoms with Crippen molar-refractivity contribution in [2.75, 3.05) is 13.1 Å². The molecule has 0 saturated carbocycles. The van der Waals surface area contributed by atoms with E-state index in [0.29, 0.717) is 22.0 Å². The van der Waals surface area contributed by atoms with Crippen molar-refractivity contribution in [3.63, 3.8) is 0 Å². The Hall–Kier alpha value is -1.79. The van der Waals surface area contributed by atoms with Crippen LogP contribution in [0.3, 0.4) is 0 Å². The van der Waals surface area contributed by atoms with E-state index in [-0.39, 0.29) is 17.8 Å². The summed E-state index contributed by atoms with van der Waals surface area (Å²) in [6, 6.07) is 6.49. The smallest absolute Gasteiger partial charge is 0.265 e. The standard InChI is InChI=1S/C15H16FN3OS/c16-12-6-2-1-5-11(12)14-18-8-13(21-14)15(20)19-7-3-4-10(17)9-19/h1-2,5-6,8,10H,3-4,7,9,17H2. The number of likely N-dealkylation sites (tertiary alicyclic amines) is 1. The van der Waals surface area contributed by atoms with Crippen molar-refractivity contribution in [3.05, 3.63) is 41.2 Å². The van der Waals surface area contributed by atoms with Crippen LogP contribution in [0, 0.1) is 5.82 Å². The van der Waals surface area contributed by atoms with Gasteiger partial charge in [0, 0.05) is 24.7 Å². The average molecular weight is 305 g/mol. The van der Waals surface area contributed by atoms with Crippen molar-refractivity contribution in [2.24, 2.45) is 5.73 Å². The first kappa shape index (κ1) is 14.2. The maximum Gasteiger partial charge on any atom is 0.265 e. The number of carbonyl (C=O) groups is 1. The minimum Gasteiger partial charge on any atom is -0.336 e. The minimum atomic E-state index is -0.328. The molecule has 1 fully saturated rings. The summed E-state index contributed by atoms with van der Waals surface area (Å²) in [5.74, 6) is -0.393. The summed E-state index contributed by atoms with van der Waals surface area (Å²) in [5, 5.41) is 0.526. The number of nitrogens with two attached hydrogens (primary N) is 1. The van der Waals surface area contributed by atoms with Crippen LogP contribution < -0.4 is 5.73 Å². The molecule has 1 amide bonds. The van der Waals surface area contributed by atoms with Crippen LogP contribution in [0.5, 0.6) is 0 Å². The summed E-state index contributed by atoms with van der Waals surface area (Å²) < 4.78 is 13.7. The number of nitrogens with zero attached hydrogens (tertiary/aromatic N) is 2. The van der Waals surface area contributed by atoms with Crippen molar-refractivity contribution in [1.82, 2.24) is 9.88 Å². The largest absolute Gasteiger partial charge is 0.336 e. The highest BCUT2D eigenvalue weighted by molar-refractivity contribution is 7.16. The number of rotatable bonds is 2. The van der Waals surface area contributed by atoms with Gasteiger partial charge in [-0.1, -0.05) is 12.1 Å². The lowest BCUT2D eigenvalue weighted by Crippen LogP contribution is -2.45. The molecule has 1 aliphatic heterocycles. The van der Waals surface area contributed by atoms with Crippen molar-refractivity contribution < 1.29 is 9.18 Å². The summed E-state index contributed by atoms with van der Waals surface area (Å²) in [4.78, 5) is 18.9. The van der Waals surface area contributed by atoms with Gasteiger partial charge in [0.05, 0.1) is 6.20 Å². The van der Waals surface area contributed by atoms with Crippen LogP contribution in [0.4, 0.5) is 4.39 Å². The second-order valence-corrected chi connectivity index (χ2v) is 6.19. The number of hydrogen-bond donors (Lipinski definition) is 1. The molecule has 1 saturated heterocycles. The molecule has 0 radical (unpaired) electrons. The molecule has 21 heavy (non-hydrogen) atoms. The van der Waals surface area contributed by atoms with Crippen LogP contribution in [-0.2, 0) is 0 Å². The van der Waals surface area contributed by atoms with Gasteiger partial charge < -0.3 is 10.6 Å². The van der Waals surface area contributed by atoms with Gasteiger partial charge in [-0.25, -0.2) is 9.37 Å². The molecule has 1 aromatic carbocycles. The van der Waals surface area contributed by atoms with Crippen molar-refractivity contribution in [2.45, 2.75) is 18.9 Å². The molecule has 3 rings (SSSR count). The number of benzene rings is 1. The van der Waals surface area contributed by atoms with Gasteiger partial charge in [-0.2, -0.15) is 0 Å². The first-order valence-corrected chi connectivity index (χ1v) is 7.72. The van der Waals surface area contributed by atoms with Gasteiger partial charge in [0.25, 0.3) is 5.91 Å². The lowest BCUT2D eigenvalue weighted by Gasteiger charge is -2.30. The number of aromatic nitrogens is 1. The van der Waals surface area contributed by atoms with Gasteiger partial charge in [0.1, 0.15) is 15.7 Å². The molecule has 0 bridgehead atoms. The number of piperidine rings is 1. The van der Waals surface area contributed by atoms with Gasteiger partial charge in [-0.05, 0) is 25.0 Å². The molecular weight excluding hydrogens is 289 g/mol. The van der Waals surface area contributed by atoms with Crippen LogP contribution in [0.1, 0.15) is 22.5 Å². The quantitative estimate of drug-likeness (QED) is 0.927. The van der Waals surface area contributed by atoms with E-state index in [0.717, 1.165) is 19.4 Å². The van der Waals surface area contributed by atoms with Crippen LogP contribution in [0.2, 0.25) is 0 Å². The van der Waals surface area contributed by atoms with Gasteiger partial charge >= 0.3 is 0 Å². The van der Waals surface area contributed by atoms with Gasteiger partial charge in [-0.15, -0.1) is 11.3 Å². The fraction of sp³-hybridized carbons (Fsp3) is 0.333. The summed E-state index contributed by atoms with van der Waals surface area (Å²) >= 11 is 1.22. The first-order chi connectivity index (χ1) is 10.1. The molecule has 1 aromatic heterocycles. The van der Waals surface area contributed by atoms with E-state index in [9.17, 15) is 9.18 Å². The Balaban J connectivity index is 1.82. The van der Waals surface area contributed by atoms with Crippen molar-refractivity contribution in [1.29, 1.82) is 0 Å². The third-order valence-corrected chi connectivity index (χ3v) is 4.58. The molecule has 2 heterocycles. The fourth-order valence-electron chi connectivity index (χ4n) is 2.48. The molecular formula is C15H16FN3OS. The van der Waals surface area contributed by atoms with E-state index < -0.39 is 0 Å². The molecule has 110 valence electrons. The number of hydrogen-bond acceptors (Lipinski definition) is 4.